The Bertz CT molecular complexity index is 491. The summed E-state index contributed by atoms with van der Waals surface area (Å²) in [5.41, 5.74) is 2.45. The lowest BCUT2D eigenvalue weighted by Crippen LogP contribution is -2.04. The number of aryl methyl sites for hydroxylation is 1. The molecule has 0 aliphatic rings. The molecule has 15 heavy (non-hydrogen) atoms. The fraction of sp³-hybridized carbons (Fsp3) is 0.375. The zero-order valence-electron chi connectivity index (χ0n) is 8.16. The van der Waals surface area contributed by atoms with Gasteiger partial charge in [-0.2, -0.15) is 5.10 Å². The highest BCUT2D eigenvalue weighted by atomic mass is 35.5. The third kappa shape index (κ3) is 2.00. The topological polar surface area (TPSA) is 43.6 Å². The average Bonchev–Trinajstić information content (AvgIpc) is 2.69. The number of aromatic nitrogens is 4. The summed E-state index contributed by atoms with van der Waals surface area (Å²) >= 11 is 13.1. The van der Waals surface area contributed by atoms with Gasteiger partial charge in [0.05, 0.1) is 23.0 Å². The van der Waals surface area contributed by atoms with Crippen LogP contribution in [0.15, 0.2) is 0 Å². The summed E-state index contributed by atoms with van der Waals surface area (Å²) in [6.07, 6.45) is 0. The molecule has 2 aromatic rings. The molecule has 0 saturated carbocycles. The standard InChI is InChI=1S/C8H8Cl2N4S/c1-4-7(9)5(2)14(12-4)3-6-8(10)15-13-11-6/h3H2,1-2H3. The molecule has 7 heteroatoms. The number of halogens is 2. The normalized spacial score (nSPS) is 10.9. The minimum atomic E-state index is 0.509. The van der Waals surface area contributed by atoms with Gasteiger partial charge in [0.15, 0.2) is 0 Å². The van der Waals surface area contributed by atoms with E-state index in [-0.39, 0.29) is 0 Å². The van der Waals surface area contributed by atoms with Gasteiger partial charge in [-0.15, -0.1) is 5.10 Å². The summed E-state index contributed by atoms with van der Waals surface area (Å²) in [4.78, 5) is 0. The molecular weight excluding hydrogens is 255 g/mol. The van der Waals surface area contributed by atoms with E-state index in [4.69, 9.17) is 23.2 Å². The summed E-state index contributed by atoms with van der Waals surface area (Å²) in [6, 6.07) is 0. The molecule has 2 rings (SSSR count). The van der Waals surface area contributed by atoms with E-state index in [1.165, 1.54) is 11.5 Å². The molecule has 0 bridgehead atoms. The fourth-order valence-corrected chi connectivity index (χ4v) is 2.01. The van der Waals surface area contributed by atoms with Crippen LogP contribution in [0.4, 0.5) is 0 Å². The van der Waals surface area contributed by atoms with Gasteiger partial charge >= 0.3 is 0 Å². The van der Waals surface area contributed by atoms with Crippen molar-refractivity contribution in [2.45, 2.75) is 20.4 Å². The second kappa shape index (κ2) is 4.08. The first-order chi connectivity index (χ1) is 7.09. The van der Waals surface area contributed by atoms with Crippen LogP contribution < -0.4 is 0 Å². The first-order valence-corrected chi connectivity index (χ1v) is 5.78. The predicted molar refractivity (Wildman–Crippen MR) is 60.7 cm³/mol. The zero-order chi connectivity index (χ0) is 11.0. The van der Waals surface area contributed by atoms with Crippen LogP contribution in [0.3, 0.4) is 0 Å². The van der Waals surface area contributed by atoms with E-state index in [9.17, 15) is 0 Å². The molecule has 0 saturated heterocycles. The van der Waals surface area contributed by atoms with Gasteiger partial charge < -0.3 is 0 Å². The average molecular weight is 263 g/mol. The Labute approximate surface area is 101 Å². The highest BCUT2D eigenvalue weighted by molar-refractivity contribution is 7.10. The van der Waals surface area contributed by atoms with Gasteiger partial charge in [-0.1, -0.05) is 27.7 Å². The first kappa shape index (κ1) is 10.9. The van der Waals surface area contributed by atoms with Crippen molar-refractivity contribution in [1.29, 1.82) is 0 Å². The monoisotopic (exact) mass is 262 g/mol. The maximum Gasteiger partial charge on any atom is 0.139 e. The van der Waals surface area contributed by atoms with Crippen molar-refractivity contribution >= 4 is 34.7 Å². The molecule has 0 spiro atoms. The van der Waals surface area contributed by atoms with Crippen LogP contribution in [0.25, 0.3) is 0 Å². The lowest BCUT2D eigenvalue weighted by atomic mass is 10.4. The Morgan fingerprint density at radius 2 is 2.07 bits per heavy atom. The van der Waals surface area contributed by atoms with Crippen molar-refractivity contribution in [3.8, 4) is 0 Å². The lowest BCUT2D eigenvalue weighted by Gasteiger charge is -2.00. The van der Waals surface area contributed by atoms with E-state index in [1.807, 2.05) is 13.8 Å². The minimum absolute atomic E-state index is 0.509. The van der Waals surface area contributed by atoms with Crippen molar-refractivity contribution in [3.63, 3.8) is 0 Å². The van der Waals surface area contributed by atoms with Crippen LogP contribution in [0.2, 0.25) is 9.36 Å². The Kier molecular flexibility index (Phi) is 2.95. The van der Waals surface area contributed by atoms with Gasteiger partial charge in [-0.3, -0.25) is 4.68 Å². The zero-order valence-corrected chi connectivity index (χ0v) is 10.5. The predicted octanol–water partition coefficient (Wildman–Crippen LogP) is 2.71. The van der Waals surface area contributed by atoms with Crippen LogP contribution in [-0.4, -0.2) is 19.4 Å². The molecule has 0 aliphatic carbocycles. The molecular formula is C8H8Cl2N4S. The molecule has 2 heterocycles. The van der Waals surface area contributed by atoms with E-state index >= 15 is 0 Å². The molecule has 0 fully saturated rings. The van der Waals surface area contributed by atoms with Gasteiger partial charge in [0.2, 0.25) is 0 Å². The highest BCUT2D eigenvalue weighted by Crippen LogP contribution is 2.22. The second-order valence-electron chi connectivity index (χ2n) is 3.14. The van der Waals surface area contributed by atoms with Gasteiger partial charge in [0.25, 0.3) is 0 Å². The van der Waals surface area contributed by atoms with Crippen molar-refractivity contribution < 1.29 is 0 Å². The Balaban J connectivity index is 2.33. The molecule has 4 nitrogen and oxygen atoms in total. The van der Waals surface area contributed by atoms with Crippen molar-refractivity contribution in [2.24, 2.45) is 0 Å². The Morgan fingerprint density at radius 1 is 1.33 bits per heavy atom. The van der Waals surface area contributed by atoms with Gasteiger partial charge in [-0.05, 0) is 13.8 Å². The molecule has 0 amide bonds. The van der Waals surface area contributed by atoms with E-state index in [2.05, 4.69) is 14.7 Å². The number of nitrogens with zero attached hydrogens (tertiary/aromatic N) is 4. The van der Waals surface area contributed by atoms with Crippen LogP contribution in [0.5, 0.6) is 0 Å². The third-order valence-electron chi connectivity index (χ3n) is 2.10. The van der Waals surface area contributed by atoms with Crippen molar-refractivity contribution in [3.05, 3.63) is 26.4 Å². The van der Waals surface area contributed by atoms with Gasteiger partial charge in [0.1, 0.15) is 10.0 Å². The lowest BCUT2D eigenvalue weighted by molar-refractivity contribution is 0.645. The molecule has 0 atom stereocenters. The fourth-order valence-electron chi connectivity index (χ4n) is 1.26. The van der Waals surface area contributed by atoms with Gasteiger partial charge in [-0.25, -0.2) is 0 Å². The number of rotatable bonds is 2. The number of hydrogen-bond donors (Lipinski definition) is 0. The molecule has 80 valence electrons. The van der Waals surface area contributed by atoms with E-state index in [0.29, 0.717) is 15.9 Å². The molecule has 2 aromatic heterocycles. The summed E-state index contributed by atoms with van der Waals surface area (Å²) < 4.78 is 6.14. The van der Waals surface area contributed by atoms with Crippen LogP contribution in [0, 0.1) is 13.8 Å². The Hall–Kier alpha value is -0.650. The van der Waals surface area contributed by atoms with Crippen LogP contribution in [0.1, 0.15) is 17.1 Å². The minimum Gasteiger partial charge on any atom is -0.262 e. The van der Waals surface area contributed by atoms with E-state index in [1.54, 1.807) is 4.68 Å². The molecule has 0 unspecified atom stereocenters. The quantitative estimate of drug-likeness (QED) is 0.836. The SMILES string of the molecule is Cc1nn(Cc2nnsc2Cl)c(C)c1Cl. The number of hydrogen-bond acceptors (Lipinski definition) is 4. The van der Waals surface area contributed by atoms with Crippen LogP contribution in [-0.2, 0) is 6.54 Å². The summed E-state index contributed by atoms with van der Waals surface area (Å²) in [7, 11) is 0. The summed E-state index contributed by atoms with van der Waals surface area (Å²) in [6.45, 7) is 4.29. The first-order valence-electron chi connectivity index (χ1n) is 4.26. The maximum atomic E-state index is 6.03. The van der Waals surface area contributed by atoms with Crippen molar-refractivity contribution in [1.82, 2.24) is 19.4 Å². The molecule has 0 aromatic carbocycles. The maximum absolute atomic E-state index is 6.03. The summed E-state index contributed by atoms with van der Waals surface area (Å²) in [5.74, 6) is 0. The van der Waals surface area contributed by atoms with Crippen molar-refractivity contribution in [2.75, 3.05) is 0 Å². The van der Waals surface area contributed by atoms with E-state index < -0.39 is 0 Å². The van der Waals surface area contributed by atoms with Gasteiger partial charge in [0, 0.05) is 11.5 Å². The largest absolute Gasteiger partial charge is 0.262 e. The smallest absolute Gasteiger partial charge is 0.139 e. The Morgan fingerprint density at radius 3 is 2.53 bits per heavy atom. The molecule has 0 aliphatic heterocycles. The highest BCUT2D eigenvalue weighted by Gasteiger charge is 2.12. The van der Waals surface area contributed by atoms with E-state index in [0.717, 1.165) is 17.1 Å². The summed E-state index contributed by atoms with van der Waals surface area (Å²) in [5, 5.41) is 8.90. The molecule has 0 radical (unpaired) electrons. The second-order valence-corrected chi connectivity index (χ2v) is 4.87. The third-order valence-corrected chi connectivity index (χ3v) is 3.63. The molecule has 0 N–H and O–H groups in total. The van der Waals surface area contributed by atoms with Crippen LogP contribution >= 0.6 is 34.7 Å².